The number of rotatable bonds is 3. The van der Waals surface area contributed by atoms with Crippen LogP contribution in [0, 0.1) is 26.6 Å². The third-order valence-corrected chi connectivity index (χ3v) is 3.79. The lowest BCUT2D eigenvalue weighted by Gasteiger charge is -2.13. The molecule has 0 radical (unpaired) electrons. The Balaban J connectivity index is 2.49. The molecule has 102 valence electrons. The largest absolute Gasteiger partial charge is 0.313 e. The van der Waals surface area contributed by atoms with Gasteiger partial charge in [-0.05, 0) is 58.0 Å². The van der Waals surface area contributed by atoms with Gasteiger partial charge in [-0.15, -0.1) is 0 Å². The fraction of sp³-hybridized carbons (Fsp3) is 0.400. The van der Waals surface area contributed by atoms with Crippen LogP contribution < -0.4 is 5.32 Å². The second-order valence-electron chi connectivity index (χ2n) is 4.93. The van der Waals surface area contributed by atoms with Gasteiger partial charge in [-0.25, -0.2) is 9.07 Å². The van der Waals surface area contributed by atoms with Gasteiger partial charge in [0.15, 0.2) is 0 Å². The third-order valence-electron chi connectivity index (χ3n) is 3.79. The van der Waals surface area contributed by atoms with E-state index in [1.54, 1.807) is 16.8 Å². The highest BCUT2D eigenvalue weighted by Gasteiger charge is 2.14. The standard InChI is InChI=1S/C15H20FN3/c1-9-10(2)18-19(12(9)4)15-7-6-13(8-14(15)16)11(3)17-5/h6-8,11,17H,1-5H3. The molecule has 0 bridgehead atoms. The molecule has 1 unspecified atom stereocenters. The predicted octanol–water partition coefficient (Wildman–Crippen LogP) is 3.22. The summed E-state index contributed by atoms with van der Waals surface area (Å²) < 4.78 is 15.9. The Bertz CT molecular complexity index is 602. The minimum absolute atomic E-state index is 0.130. The van der Waals surface area contributed by atoms with Gasteiger partial charge in [-0.1, -0.05) is 6.07 Å². The van der Waals surface area contributed by atoms with Gasteiger partial charge in [0.05, 0.1) is 5.69 Å². The molecule has 0 aliphatic rings. The number of hydrogen-bond donors (Lipinski definition) is 1. The van der Waals surface area contributed by atoms with Gasteiger partial charge in [0.2, 0.25) is 0 Å². The van der Waals surface area contributed by atoms with Crippen molar-refractivity contribution in [2.75, 3.05) is 7.05 Å². The lowest BCUT2D eigenvalue weighted by Crippen LogP contribution is -2.13. The lowest BCUT2D eigenvalue weighted by molar-refractivity contribution is 0.593. The van der Waals surface area contributed by atoms with E-state index in [-0.39, 0.29) is 11.9 Å². The molecule has 0 aliphatic heterocycles. The van der Waals surface area contributed by atoms with Crippen molar-refractivity contribution in [3.8, 4) is 5.69 Å². The molecule has 2 rings (SSSR count). The second kappa shape index (κ2) is 5.13. The number of hydrogen-bond acceptors (Lipinski definition) is 2. The quantitative estimate of drug-likeness (QED) is 0.919. The van der Waals surface area contributed by atoms with E-state index < -0.39 is 0 Å². The van der Waals surface area contributed by atoms with Gasteiger partial charge < -0.3 is 5.32 Å². The maximum Gasteiger partial charge on any atom is 0.149 e. The number of aryl methyl sites for hydroxylation is 1. The fourth-order valence-electron chi connectivity index (χ4n) is 2.09. The molecule has 4 heteroatoms. The summed E-state index contributed by atoms with van der Waals surface area (Å²) in [5, 5.41) is 7.50. The van der Waals surface area contributed by atoms with Crippen molar-refractivity contribution in [1.82, 2.24) is 15.1 Å². The van der Waals surface area contributed by atoms with Crippen molar-refractivity contribution in [3.63, 3.8) is 0 Å². The van der Waals surface area contributed by atoms with Crippen LogP contribution in [-0.2, 0) is 0 Å². The van der Waals surface area contributed by atoms with Crippen LogP contribution in [0.1, 0.15) is 35.5 Å². The number of benzene rings is 1. The van der Waals surface area contributed by atoms with Crippen molar-refractivity contribution in [1.29, 1.82) is 0 Å². The van der Waals surface area contributed by atoms with Crippen molar-refractivity contribution in [2.45, 2.75) is 33.7 Å². The van der Waals surface area contributed by atoms with Gasteiger partial charge in [0.25, 0.3) is 0 Å². The molecule has 0 aliphatic carbocycles. The van der Waals surface area contributed by atoms with E-state index in [2.05, 4.69) is 10.4 Å². The van der Waals surface area contributed by atoms with Gasteiger partial charge in [0.1, 0.15) is 11.5 Å². The summed E-state index contributed by atoms with van der Waals surface area (Å²) in [6.07, 6.45) is 0. The molecule has 3 nitrogen and oxygen atoms in total. The van der Waals surface area contributed by atoms with Crippen LogP contribution in [0.3, 0.4) is 0 Å². The van der Waals surface area contributed by atoms with Crippen LogP contribution >= 0.6 is 0 Å². The first-order valence-electron chi connectivity index (χ1n) is 6.45. The van der Waals surface area contributed by atoms with E-state index in [4.69, 9.17) is 0 Å². The summed E-state index contributed by atoms with van der Waals surface area (Å²) in [6.45, 7) is 7.90. The molecule has 0 fully saturated rings. The second-order valence-corrected chi connectivity index (χ2v) is 4.93. The van der Waals surface area contributed by atoms with Crippen LogP contribution in [0.2, 0.25) is 0 Å². The van der Waals surface area contributed by atoms with Crippen LogP contribution in [0.5, 0.6) is 0 Å². The minimum Gasteiger partial charge on any atom is -0.313 e. The summed E-state index contributed by atoms with van der Waals surface area (Å²) in [6, 6.07) is 5.43. The van der Waals surface area contributed by atoms with Crippen molar-refractivity contribution < 1.29 is 4.39 Å². The van der Waals surface area contributed by atoms with Crippen molar-refractivity contribution >= 4 is 0 Å². The van der Waals surface area contributed by atoms with E-state index in [0.29, 0.717) is 5.69 Å². The zero-order chi connectivity index (χ0) is 14.2. The zero-order valence-corrected chi connectivity index (χ0v) is 12.1. The Kier molecular flexibility index (Phi) is 3.71. The SMILES string of the molecule is CNC(C)c1ccc(-n2nc(C)c(C)c2C)c(F)c1. The van der Waals surface area contributed by atoms with E-state index in [9.17, 15) is 4.39 Å². The molecule has 1 N–H and O–H groups in total. The first kappa shape index (κ1) is 13.7. The highest BCUT2D eigenvalue weighted by atomic mass is 19.1. The average Bonchev–Trinajstić information content (AvgIpc) is 2.65. The smallest absolute Gasteiger partial charge is 0.149 e. The fourth-order valence-corrected chi connectivity index (χ4v) is 2.09. The number of aromatic nitrogens is 2. The predicted molar refractivity (Wildman–Crippen MR) is 75.2 cm³/mol. The third kappa shape index (κ3) is 2.40. The van der Waals surface area contributed by atoms with Gasteiger partial charge >= 0.3 is 0 Å². The number of nitrogens with one attached hydrogen (secondary N) is 1. The molecule has 0 spiro atoms. The summed E-state index contributed by atoms with van der Waals surface area (Å²) in [5.41, 5.74) is 4.45. The topological polar surface area (TPSA) is 29.9 Å². The summed E-state index contributed by atoms with van der Waals surface area (Å²) >= 11 is 0. The molecule has 1 aromatic carbocycles. The summed E-state index contributed by atoms with van der Waals surface area (Å²) in [5.74, 6) is -0.245. The van der Waals surface area contributed by atoms with Crippen LogP contribution in [0.25, 0.3) is 5.69 Å². The van der Waals surface area contributed by atoms with Crippen molar-refractivity contribution in [3.05, 3.63) is 46.5 Å². The molecule has 2 aromatic rings. The van der Waals surface area contributed by atoms with Gasteiger partial charge in [0, 0.05) is 11.7 Å². The Morgan fingerprint density at radius 1 is 1.26 bits per heavy atom. The van der Waals surface area contributed by atoms with E-state index in [1.807, 2.05) is 40.8 Å². The molecule has 1 aromatic heterocycles. The molecule has 19 heavy (non-hydrogen) atoms. The normalized spacial score (nSPS) is 12.7. The summed E-state index contributed by atoms with van der Waals surface area (Å²) in [7, 11) is 1.86. The molecule has 1 heterocycles. The number of halogens is 1. The number of nitrogens with zero attached hydrogens (tertiary/aromatic N) is 2. The molecule has 0 saturated heterocycles. The van der Waals surface area contributed by atoms with Gasteiger partial charge in [-0.2, -0.15) is 5.10 Å². The first-order valence-corrected chi connectivity index (χ1v) is 6.45. The van der Waals surface area contributed by atoms with E-state index in [0.717, 1.165) is 22.5 Å². The maximum atomic E-state index is 14.3. The van der Waals surface area contributed by atoms with Crippen molar-refractivity contribution in [2.24, 2.45) is 0 Å². The summed E-state index contributed by atoms with van der Waals surface area (Å²) in [4.78, 5) is 0. The lowest BCUT2D eigenvalue weighted by atomic mass is 10.1. The molecule has 0 saturated carbocycles. The van der Waals surface area contributed by atoms with Crippen LogP contribution in [0.15, 0.2) is 18.2 Å². The first-order chi connectivity index (χ1) is 8.95. The maximum absolute atomic E-state index is 14.3. The Morgan fingerprint density at radius 3 is 2.42 bits per heavy atom. The minimum atomic E-state index is -0.245. The highest BCUT2D eigenvalue weighted by Crippen LogP contribution is 2.22. The zero-order valence-electron chi connectivity index (χ0n) is 12.1. The average molecular weight is 261 g/mol. The molecule has 1 atom stereocenters. The van der Waals surface area contributed by atoms with Crippen LogP contribution in [0.4, 0.5) is 4.39 Å². The highest BCUT2D eigenvalue weighted by molar-refractivity contribution is 5.40. The van der Waals surface area contributed by atoms with Gasteiger partial charge in [-0.3, -0.25) is 0 Å². The molecular formula is C15H20FN3. The Hall–Kier alpha value is -1.68. The Morgan fingerprint density at radius 2 is 1.95 bits per heavy atom. The molecular weight excluding hydrogens is 241 g/mol. The monoisotopic (exact) mass is 261 g/mol. The van der Waals surface area contributed by atoms with E-state index >= 15 is 0 Å². The van der Waals surface area contributed by atoms with Crippen LogP contribution in [-0.4, -0.2) is 16.8 Å². The Labute approximate surface area is 113 Å². The van der Waals surface area contributed by atoms with E-state index in [1.165, 1.54) is 0 Å². The molecule has 0 amide bonds.